The standard InChI is InChI=1S/C15H20F3NO/c1-11(12-6-3-2-4-7-12)19-13-8-5-9-14(10-13)20-15(16,17)18/h5,8-12,19H,2-4,6-7H2,1H3. The van der Waals surface area contributed by atoms with Crippen LogP contribution in [0.15, 0.2) is 24.3 Å². The predicted octanol–water partition coefficient (Wildman–Crippen LogP) is 4.97. The highest BCUT2D eigenvalue weighted by Gasteiger charge is 2.31. The lowest BCUT2D eigenvalue weighted by atomic mass is 9.84. The monoisotopic (exact) mass is 287 g/mol. The molecule has 0 amide bonds. The van der Waals surface area contributed by atoms with Crippen LogP contribution in [-0.2, 0) is 0 Å². The van der Waals surface area contributed by atoms with E-state index >= 15 is 0 Å². The van der Waals surface area contributed by atoms with E-state index in [1.54, 1.807) is 12.1 Å². The summed E-state index contributed by atoms with van der Waals surface area (Å²) < 4.78 is 40.5. The lowest BCUT2D eigenvalue weighted by Gasteiger charge is -2.29. The van der Waals surface area contributed by atoms with Crippen LogP contribution in [0.5, 0.6) is 5.75 Å². The van der Waals surface area contributed by atoms with Gasteiger partial charge in [0.25, 0.3) is 0 Å². The summed E-state index contributed by atoms with van der Waals surface area (Å²) in [6, 6.07) is 6.30. The highest BCUT2D eigenvalue weighted by atomic mass is 19.4. The Morgan fingerprint density at radius 1 is 1.20 bits per heavy atom. The van der Waals surface area contributed by atoms with Gasteiger partial charge in [-0.1, -0.05) is 25.3 Å². The number of hydrogen-bond donors (Lipinski definition) is 1. The van der Waals surface area contributed by atoms with Gasteiger partial charge in [-0.2, -0.15) is 0 Å². The van der Waals surface area contributed by atoms with E-state index < -0.39 is 6.36 Å². The Balaban J connectivity index is 1.96. The number of benzene rings is 1. The third-order valence-corrected chi connectivity index (χ3v) is 3.82. The summed E-state index contributed by atoms with van der Waals surface area (Å²) in [5.74, 6) is 0.411. The zero-order chi connectivity index (χ0) is 14.6. The van der Waals surface area contributed by atoms with Crippen molar-refractivity contribution in [2.75, 3.05) is 5.32 Å². The SMILES string of the molecule is CC(Nc1cccc(OC(F)(F)F)c1)C1CCCCC1. The summed E-state index contributed by atoms with van der Waals surface area (Å²) in [6.45, 7) is 2.09. The second kappa shape index (κ2) is 6.37. The second-order valence-electron chi connectivity index (χ2n) is 5.41. The molecule has 2 nitrogen and oxygen atoms in total. The zero-order valence-corrected chi connectivity index (χ0v) is 11.5. The minimum Gasteiger partial charge on any atom is -0.406 e. The Kier molecular flexibility index (Phi) is 4.78. The molecule has 1 aromatic carbocycles. The molecule has 1 aliphatic carbocycles. The molecule has 2 rings (SSSR count). The molecule has 0 radical (unpaired) electrons. The maximum absolute atomic E-state index is 12.2. The lowest BCUT2D eigenvalue weighted by Crippen LogP contribution is -2.27. The third-order valence-electron chi connectivity index (χ3n) is 3.82. The highest BCUT2D eigenvalue weighted by Crippen LogP contribution is 2.29. The molecule has 0 spiro atoms. The maximum atomic E-state index is 12.2. The lowest BCUT2D eigenvalue weighted by molar-refractivity contribution is -0.274. The number of halogens is 3. The van der Waals surface area contributed by atoms with Crippen molar-refractivity contribution >= 4 is 5.69 Å². The van der Waals surface area contributed by atoms with Crippen LogP contribution in [0.1, 0.15) is 39.0 Å². The van der Waals surface area contributed by atoms with Gasteiger partial charge in [0.2, 0.25) is 0 Å². The van der Waals surface area contributed by atoms with Crippen molar-refractivity contribution in [3.8, 4) is 5.75 Å². The number of anilines is 1. The van der Waals surface area contributed by atoms with Crippen LogP contribution in [-0.4, -0.2) is 12.4 Å². The zero-order valence-electron chi connectivity index (χ0n) is 11.5. The molecule has 1 unspecified atom stereocenters. The molecular weight excluding hydrogens is 267 g/mol. The summed E-state index contributed by atoms with van der Waals surface area (Å²) in [5, 5.41) is 3.29. The molecular formula is C15H20F3NO. The molecule has 112 valence electrons. The van der Waals surface area contributed by atoms with Crippen LogP contribution < -0.4 is 10.1 Å². The normalized spacial score (nSPS) is 18.6. The summed E-state index contributed by atoms with van der Waals surface area (Å²) in [5.41, 5.74) is 0.671. The summed E-state index contributed by atoms with van der Waals surface area (Å²) in [7, 11) is 0. The molecule has 0 bridgehead atoms. The molecule has 1 fully saturated rings. The molecule has 1 atom stereocenters. The van der Waals surface area contributed by atoms with Gasteiger partial charge in [0.05, 0.1) is 0 Å². The second-order valence-corrected chi connectivity index (χ2v) is 5.41. The summed E-state index contributed by atoms with van der Waals surface area (Å²) in [4.78, 5) is 0. The fourth-order valence-electron chi connectivity index (χ4n) is 2.80. The minimum atomic E-state index is -4.65. The Morgan fingerprint density at radius 2 is 1.90 bits per heavy atom. The molecule has 0 aliphatic heterocycles. The summed E-state index contributed by atoms with van der Waals surface area (Å²) in [6.07, 6.45) is 1.51. The van der Waals surface area contributed by atoms with Crippen molar-refractivity contribution in [2.24, 2.45) is 5.92 Å². The van der Waals surface area contributed by atoms with Crippen molar-refractivity contribution in [1.29, 1.82) is 0 Å². The molecule has 5 heteroatoms. The summed E-state index contributed by atoms with van der Waals surface area (Å²) >= 11 is 0. The first-order valence-electron chi connectivity index (χ1n) is 7.06. The number of ether oxygens (including phenoxy) is 1. The van der Waals surface area contributed by atoms with Gasteiger partial charge >= 0.3 is 6.36 Å². The van der Waals surface area contributed by atoms with Crippen molar-refractivity contribution < 1.29 is 17.9 Å². The van der Waals surface area contributed by atoms with Gasteiger partial charge in [0.1, 0.15) is 5.75 Å². The molecule has 0 saturated heterocycles. The van der Waals surface area contributed by atoms with Crippen molar-refractivity contribution in [3.63, 3.8) is 0 Å². The topological polar surface area (TPSA) is 21.3 Å². The van der Waals surface area contributed by atoms with Crippen LogP contribution in [0, 0.1) is 5.92 Å². The van der Waals surface area contributed by atoms with E-state index in [1.165, 1.54) is 44.2 Å². The van der Waals surface area contributed by atoms with E-state index in [0.29, 0.717) is 11.6 Å². The van der Waals surface area contributed by atoms with Gasteiger partial charge in [0, 0.05) is 17.8 Å². The average Bonchev–Trinajstić information content (AvgIpc) is 2.38. The van der Waals surface area contributed by atoms with E-state index in [1.807, 2.05) is 0 Å². The van der Waals surface area contributed by atoms with Crippen LogP contribution in [0.4, 0.5) is 18.9 Å². The Bertz CT molecular complexity index is 427. The van der Waals surface area contributed by atoms with E-state index in [2.05, 4.69) is 17.0 Å². The first kappa shape index (κ1) is 15.0. The van der Waals surface area contributed by atoms with Crippen molar-refractivity contribution in [1.82, 2.24) is 0 Å². The smallest absolute Gasteiger partial charge is 0.406 e. The van der Waals surface area contributed by atoms with Crippen LogP contribution >= 0.6 is 0 Å². The van der Waals surface area contributed by atoms with Gasteiger partial charge < -0.3 is 10.1 Å². The minimum absolute atomic E-state index is 0.182. The first-order chi connectivity index (χ1) is 9.44. The van der Waals surface area contributed by atoms with E-state index in [9.17, 15) is 13.2 Å². The van der Waals surface area contributed by atoms with Crippen molar-refractivity contribution in [3.05, 3.63) is 24.3 Å². The average molecular weight is 287 g/mol. The van der Waals surface area contributed by atoms with E-state index in [4.69, 9.17) is 0 Å². The number of rotatable bonds is 4. The van der Waals surface area contributed by atoms with Gasteiger partial charge in [-0.3, -0.25) is 0 Å². The predicted molar refractivity (Wildman–Crippen MR) is 72.8 cm³/mol. The largest absolute Gasteiger partial charge is 0.573 e. The number of alkyl halides is 3. The molecule has 0 heterocycles. The quantitative estimate of drug-likeness (QED) is 0.844. The number of hydrogen-bond acceptors (Lipinski definition) is 2. The molecule has 1 N–H and O–H groups in total. The molecule has 1 saturated carbocycles. The number of nitrogens with one attached hydrogen (secondary N) is 1. The fourth-order valence-corrected chi connectivity index (χ4v) is 2.80. The molecule has 20 heavy (non-hydrogen) atoms. The third kappa shape index (κ3) is 4.62. The first-order valence-corrected chi connectivity index (χ1v) is 7.06. The van der Waals surface area contributed by atoms with Crippen LogP contribution in [0.3, 0.4) is 0 Å². The Morgan fingerprint density at radius 3 is 2.55 bits per heavy atom. The van der Waals surface area contributed by atoms with Gasteiger partial charge in [-0.25, -0.2) is 0 Å². The molecule has 1 aromatic rings. The van der Waals surface area contributed by atoms with E-state index in [-0.39, 0.29) is 11.8 Å². The van der Waals surface area contributed by atoms with Gasteiger partial charge in [0.15, 0.2) is 0 Å². The fraction of sp³-hybridized carbons (Fsp3) is 0.600. The molecule has 1 aliphatic rings. The van der Waals surface area contributed by atoms with Crippen LogP contribution in [0.25, 0.3) is 0 Å². The Hall–Kier alpha value is -1.39. The molecule has 0 aromatic heterocycles. The van der Waals surface area contributed by atoms with E-state index in [0.717, 1.165) is 0 Å². The van der Waals surface area contributed by atoms with Crippen molar-refractivity contribution in [2.45, 2.75) is 51.4 Å². The van der Waals surface area contributed by atoms with Gasteiger partial charge in [-0.05, 0) is 37.8 Å². The van der Waals surface area contributed by atoms with Crippen LogP contribution in [0.2, 0.25) is 0 Å². The van der Waals surface area contributed by atoms with Gasteiger partial charge in [-0.15, -0.1) is 13.2 Å². The Labute approximate surface area is 117 Å². The highest BCUT2D eigenvalue weighted by molar-refractivity contribution is 5.48. The maximum Gasteiger partial charge on any atom is 0.573 e.